The molecule has 2 heteroatoms. The van der Waals surface area contributed by atoms with E-state index < -0.39 is 0 Å². The summed E-state index contributed by atoms with van der Waals surface area (Å²) in [5, 5.41) is 0. The molecule has 0 aromatic heterocycles. The SMILES string of the molecule is CCC(Br)c1ccc(OC(C)C)cc1. The maximum Gasteiger partial charge on any atom is 0.119 e. The van der Waals surface area contributed by atoms with Crippen molar-refractivity contribution >= 4 is 15.9 Å². The van der Waals surface area contributed by atoms with Crippen LogP contribution in [-0.2, 0) is 0 Å². The first kappa shape index (κ1) is 11.6. The number of alkyl halides is 1. The largest absolute Gasteiger partial charge is 0.491 e. The monoisotopic (exact) mass is 256 g/mol. The van der Waals surface area contributed by atoms with E-state index in [4.69, 9.17) is 4.74 Å². The first-order valence-electron chi connectivity index (χ1n) is 5.04. The van der Waals surface area contributed by atoms with Gasteiger partial charge in [0.2, 0.25) is 0 Å². The second kappa shape index (κ2) is 5.40. The van der Waals surface area contributed by atoms with Crippen molar-refractivity contribution in [2.24, 2.45) is 0 Å². The Balaban J connectivity index is 2.68. The molecule has 14 heavy (non-hydrogen) atoms. The van der Waals surface area contributed by atoms with Gasteiger partial charge in [0.05, 0.1) is 6.10 Å². The molecule has 0 spiro atoms. The van der Waals surface area contributed by atoms with E-state index in [1.54, 1.807) is 0 Å². The molecule has 0 aliphatic heterocycles. The van der Waals surface area contributed by atoms with Crippen LogP contribution in [0.3, 0.4) is 0 Å². The third kappa shape index (κ3) is 3.33. The normalized spacial score (nSPS) is 12.9. The lowest BCUT2D eigenvalue weighted by atomic mass is 10.1. The molecule has 1 nitrogen and oxygen atoms in total. The molecule has 0 saturated heterocycles. The summed E-state index contributed by atoms with van der Waals surface area (Å²) >= 11 is 3.62. The summed E-state index contributed by atoms with van der Waals surface area (Å²) in [5.41, 5.74) is 1.31. The number of hydrogen-bond donors (Lipinski definition) is 0. The van der Waals surface area contributed by atoms with Gasteiger partial charge in [-0.3, -0.25) is 0 Å². The fraction of sp³-hybridized carbons (Fsp3) is 0.500. The van der Waals surface area contributed by atoms with Gasteiger partial charge >= 0.3 is 0 Å². The average Bonchev–Trinajstić information content (AvgIpc) is 2.17. The number of ether oxygens (including phenoxy) is 1. The van der Waals surface area contributed by atoms with Crippen molar-refractivity contribution in [2.45, 2.75) is 38.1 Å². The molecule has 0 heterocycles. The molecular formula is C12H17BrO. The number of rotatable bonds is 4. The minimum atomic E-state index is 0.242. The highest BCUT2D eigenvalue weighted by molar-refractivity contribution is 9.09. The maximum atomic E-state index is 5.57. The molecule has 0 radical (unpaired) electrons. The molecule has 0 amide bonds. The highest BCUT2D eigenvalue weighted by atomic mass is 79.9. The zero-order chi connectivity index (χ0) is 10.6. The number of halogens is 1. The molecule has 0 bridgehead atoms. The second-order valence-electron chi connectivity index (χ2n) is 3.61. The molecule has 1 unspecified atom stereocenters. The van der Waals surface area contributed by atoms with Gasteiger partial charge in [-0.2, -0.15) is 0 Å². The molecule has 1 atom stereocenters. The first-order chi connectivity index (χ1) is 6.63. The standard InChI is InChI=1S/C12H17BrO/c1-4-12(13)10-5-7-11(8-6-10)14-9(2)3/h5-9,12H,4H2,1-3H3. The predicted molar refractivity (Wildman–Crippen MR) is 64.2 cm³/mol. The summed E-state index contributed by atoms with van der Waals surface area (Å²) in [5.74, 6) is 0.944. The van der Waals surface area contributed by atoms with E-state index in [0.29, 0.717) is 4.83 Å². The molecular weight excluding hydrogens is 240 g/mol. The minimum Gasteiger partial charge on any atom is -0.491 e. The van der Waals surface area contributed by atoms with Gasteiger partial charge < -0.3 is 4.74 Å². The Hall–Kier alpha value is -0.500. The summed E-state index contributed by atoms with van der Waals surface area (Å²) in [4.78, 5) is 0.454. The van der Waals surface area contributed by atoms with E-state index in [-0.39, 0.29) is 6.10 Å². The van der Waals surface area contributed by atoms with E-state index >= 15 is 0 Å². The lowest BCUT2D eigenvalue weighted by Gasteiger charge is -2.11. The predicted octanol–water partition coefficient (Wildman–Crippen LogP) is 4.32. The van der Waals surface area contributed by atoms with Crippen molar-refractivity contribution < 1.29 is 4.74 Å². The van der Waals surface area contributed by atoms with E-state index in [0.717, 1.165) is 12.2 Å². The molecule has 0 saturated carbocycles. The van der Waals surface area contributed by atoms with Crippen LogP contribution in [0.15, 0.2) is 24.3 Å². The summed E-state index contributed by atoms with van der Waals surface area (Å²) in [7, 11) is 0. The van der Waals surface area contributed by atoms with Crippen molar-refractivity contribution in [1.29, 1.82) is 0 Å². The second-order valence-corrected chi connectivity index (χ2v) is 4.72. The van der Waals surface area contributed by atoms with Crippen LogP contribution in [0.2, 0.25) is 0 Å². The van der Waals surface area contributed by atoms with Gasteiger partial charge in [-0.05, 0) is 38.0 Å². The summed E-state index contributed by atoms with van der Waals surface area (Å²) in [6, 6.07) is 8.28. The number of benzene rings is 1. The Kier molecular flexibility index (Phi) is 4.46. The molecule has 0 aliphatic rings. The van der Waals surface area contributed by atoms with Crippen molar-refractivity contribution in [3.05, 3.63) is 29.8 Å². The van der Waals surface area contributed by atoms with Gasteiger partial charge in [0.25, 0.3) is 0 Å². The van der Waals surface area contributed by atoms with Crippen LogP contribution in [0.25, 0.3) is 0 Å². The Morgan fingerprint density at radius 2 is 1.79 bits per heavy atom. The summed E-state index contributed by atoms with van der Waals surface area (Å²) in [6.45, 7) is 6.23. The minimum absolute atomic E-state index is 0.242. The Labute approximate surface area is 94.6 Å². The van der Waals surface area contributed by atoms with E-state index in [1.807, 2.05) is 26.0 Å². The van der Waals surface area contributed by atoms with Gasteiger partial charge in [0.1, 0.15) is 5.75 Å². The van der Waals surface area contributed by atoms with Crippen LogP contribution in [0.1, 0.15) is 37.6 Å². The molecule has 1 rings (SSSR count). The Morgan fingerprint density at radius 3 is 2.21 bits per heavy atom. The fourth-order valence-electron chi connectivity index (χ4n) is 1.26. The van der Waals surface area contributed by atoms with Crippen molar-refractivity contribution in [2.75, 3.05) is 0 Å². The third-order valence-corrected chi connectivity index (χ3v) is 3.15. The van der Waals surface area contributed by atoms with E-state index in [9.17, 15) is 0 Å². The van der Waals surface area contributed by atoms with E-state index in [1.165, 1.54) is 5.56 Å². The molecule has 1 aromatic carbocycles. The molecule has 78 valence electrons. The van der Waals surface area contributed by atoms with Crippen LogP contribution in [0.4, 0.5) is 0 Å². The molecule has 0 fully saturated rings. The lowest BCUT2D eigenvalue weighted by molar-refractivity contribution is 0.242. The van der Waals surface area contributed by atoms with Crippen LogP contribution in [-0.4, -0.2) is 6.10 Å². The van der Waals surface area contributed by atoms with Gasteiger partial charge in [-0.1, -0.05) is 35.0 Å². The van der Waals surface area contributed by atoms with Crippen molar-refractivity contribution in [1.82, 2.24) is 0 Å². The molecule has 0 N–H and O–H groups in total. The fourth-order valence-corrected chi connectivity index (χ4v) is 1.57. The van der Waals surface area contributed by atoms with Gasteiger partial charge in [0, 0.05) is 4.83 Å². The van der Waals surface area contributed by atoms with E-state index in [2.05, 4.69) is 35.0 Å². The van der Waals surface area contributed by atoms with Crippen molar-refractivity contribution in [3.63, 3.8) is 0 Å². The lowest BCUT2D eigenvalue weighted by Crippen LogP contribution is -2.05. The third-order valence-electron chi connectivity index (χ3n) is 1.97. The van der Waals surface area contributed by atoms with Gasteiger partial charge in [0.15, 0.2) is 0 Å². The van der Waals surface area contributed by atoms with Crippen LogP contribution in [0, 0.1) is 0 Å². The Morgan fingerprint density at radius 1 is 1.21 bits per heavy atom. The Bertz CT molecular complexity index is 266. The smallest absolute Gasteiger partial charge is 0.119 e. The highest BCUT2D eigenvalue weighted by Crippen LogP contribution is 2.27. The summed E-state index contributed by atoms with van der Waals surface area (Å²) in [6.07, 6.45) is 1.34. The number of hydrogen-bond acceptors (Lipinski definition) is 1. The van der Waals surface area contributed by atoms with Gasteiger partial charge in [-0.25, -0.2) is 0 Å². The summed E-state index contributed by atoms with van der Waals surface area (Å²) < 4.78 is 5.57. The topological polar surface area (TPSA) is 9.23 Å². The first-order valence-corrected chi connectivity index (χ1v) is 5.95. The quantitative estimate of drug-likeness (QED) is 0.730. The molecule has 1 aromatic rings. The zero-order valence-corrected chi connectivity index (χ0v) is 10.5. The van der Waals surface area contributed by atoms with Crippen molar-refractivity contribution in [3.8, 4) is 5.75 Å². The maximum absolute atomic E-state index is 5.57. The van der Waals surface area contributed by atoms with Crippen LogP contribution < -0.4 is 4.74 Å². The zero-order valence-electron chi connectivity index (χ0n) is 8.96. The van der Waals surface area contributed by atoms with Crippen LogP contribution in [0.5, 0.6) is 5.75 Å². The highest BCUT2D eigenvalue weighted by Gasteiger charge is 2.04. The van der Waals surface area contributed by atoms with Crippen LogP contribution >= 0.6 is 15.9 Å². The average molecular weight is 257 g/mol. The molecule has 0 aliphatic carbocycles. The van der Waals surface area contributed by atoms with Gasteiger partial charge in [-0.15, -0.1) is 0 Å².